The lowest BCUT2D eigenvalue weighted by Gasteiger charge is -2.21. The van der Waals surface area contributed by atoms with E-state index in [-0.39, 0.29) is 0 Å². The Balaban J connectivity index is 0.000000346. The predicted octanol–water partition coefficient (Wildman–Crippen LogP) is 0.977. The maximum absolute atomic E-state index is 9.10. The SMILES string of the molecule is C=CCOc1nsnc1C1=CCCN(C)C1.O=C(O)C(=O)O. The van der Waals surface area contributed by atoms with Gasteiger partial charge in [0.1, 0.15) is 12.3 Å². The molecule has 2 rings (SSSR count). The number of carboxylic acid groups (broad SMARTS) is 2. The second-order valence-electron chi connectivity index (χ2n) is 4.38. The minimum Gasteiger partial charge on any atom is -0.473 e. The van der Waals surface area contributed by atoms with Crippen molar-refractivity contribution in [1.82, 2.24) is 13.6 Å². The first-order valence-corrected chi connectivity index (χ1v) is 7.09. The predicted molar refractivity (Wildman–Crippen MR) is 81.0 cm³/mol. The van der Waals surface area contributed by atoms with Gasteiger partial charge >= 0.3 is 11.9 Å². The second kappa shape index (κ2) is 8.90. The van der Waals surface area contributed by atoms with Gasteiger partial charge in [-0.25, -0.2) is 9.59 Å². The number of carbonyl (C=O) groups is 2. The van der Waals surface area contributed by atoms with Crippen molar-refractivity contribution in [2.75, 3.05) is 26.7 Å². The molecule has 1 aliphatic rings. The number of aliphatic carboxylic acids is 2. The molecule has 0 spiro atoms. The molecular weight excluding hydrogens is 310 g/mol. The molecule has 0 fully saturated rings. The van der Waals surface area contributed by atoms with E-state index in [9.17, 15) is 0 Å². The third kappa shape index (κ3) is 5.62. The highest BCUT2D eigenvalue weighted by molar-refractivity contribution is 6.99. The fourth-order valence-corrected chi connectivity index (χ4v) is 2.21. The highest BCUT2D eigenvalue weighted by Crippen LogP contribution is 2.26. The fraction of sp³-hybridized carbons (Fsp3) is 0.385. The van der Waals surface area contributed by atoms with Gasteiger partial charge in [0.2, 0.25) is 0 Å². The van der Waals surface area contributed by atoms with Crippen LogP contribution < -0.4 is 4.74 Å². The Kier molecular flexibility index (Phi) is 7.20. The number of nitrogens with zero attached hydrogens (tertiary/aromatic N) is 3. The highest BCUT2D eigenvalue weighted by Gasteiger charge is 2.17. The van der Waals surface area contributed by atoms with Crippen LogP contribution in [-0.4, -0.2) is 62.5 Å². The van der Waals surface area contributed by atoms with Crippen LogP contribution in [0.3, 0.4) is 0 Å². The standard InChI is InChI=1S/C11H15N3OS.C2H2O4/c1-3-7-15-11-10(12-16-13-11)9-5-4-6-14(2)8-9;3-1(4)2(5)6/h3,5H,1,4,6-8H2,2H3;(H,3,4)(H,5,6). The van der Waals surface area contributed by atoms with Crippen molar-refractivity contribution in [2.45, 2.75) is 6.42 Å². The summed E-state index contributed by atoms with van der Waals surface area (Å²) in [7, 11) is 2.11. The molecule has 0 amide bonds. The van der Waals surface area contributed by atoms with Gasteiger partial charge in [0, 0.05) is 13.1 Å². The molecule has 0 atom stereocenters. The first-order valence-electron chi connectivity index (χ1n) is 6.36. The number of carboxylic acids is 2. The summed E-state index contributed by atoms with van der Waals surface area (Å²) >= 11 is 1.19. The van der Waals surface area contributed by atoms with E-state index in [1.165, 1.54) is 17.3 Å². The Hall–Kier alpha value is -2.26. The van der Waals surface area contributed by atoms with Gasteiger partial charge in [0.05, 0.1) is 11.7 Å². The minimum absolute atomic E-state index is 0.474. The van der Waals surface area contributed by atoms with Gasteiger partial charge in [0.15, 0.2) is 0 Å². The summed E-state index contributed by atoms with van der Waals surface area (Å²) in [6.07, 6.45) is 4.99. The Morgan fingerprint density at radius 1 is 1.45 bits per heavy atom. The summed E-state index contributed by atoms with van der Waals surface area (Å²) in [6.45, 7) is 6.11. The maximum atomic E-state index is 9.10. The van der Waals surface area contributed by atoms with Crippen LogP contribution in [0.5, 0.6) is 5.88 Å². The topological polar surface area (TPSA) is 113 Å². The van der Waals surface area contributed by atoms with Gasteiger partial charge in [-0.3, -0.25) is 0 Å². The molecule has 1 aliphatic heterocycles. The van der Waals surface area contributed by atoms with Crippen LogP contribution in [-0.2, 0) is 9.59 Å². The fourth-order valence-electron chi connectivity index (χ4n) is 1.67. The van der Waals surface area contributed by atoms with Crippen LogP contribution in [0.4, 0.5) is 0 Å². The van der Waals surface area contributed by atoms with Crippen molar-refractivity contribution in [3.05, 3.63) is 24.4 Å². The summed E-state index contributed by atoms with van der Waals surface area (Å²) in [6, 6.07) is 0. The minimum atomic E-state index is -1.82. The molecule has 0 radical (unpaired) electrons. The average Bonchev–Trinajstić information content (AvgIpc) is 2.94. The summed E-state index contributed by atoms with van der Waals surface area (Å²) in [4.78, 5) is 20.5. The number of hydrogen-bond acceptors (Lipinski definition) is 7. The maximum Gasteiger partial charge on any atom is 0.414 e. The molecule has 8 nitrogen and oxygen atoms in total. The molecule has 2 N–H and O–H groups in total. The second-order valence-corrected chi connectivity index (χ2v) is 4.91. The number of likely N-dealkylation sites (N-methyl/N-ethyl adjacent to an activating group) is 1. The van der Waals surface area contributed by atoms with Crippen LogP contribution in [0.25, 0.3) is 5.57 Å². The molecule has 0 aliphatic carbocycles. The lowest BCUT2D eigenvalue weighted by molar-refractivity contribution is -0.159. The average molecular weight is 327 g/mol. The summed E-state index contributed by atoms with van der Waals surface area (Å²) in [5.74, 6) is -3.02. The molecule has 0 bridgehead atoms. The van der Waals surface area contributed by atoms with Crippen LogP contribution in [0.15, 0.2) is 18.7 Å². The molecule has 22 heavy (non-hydrogen) atoms. The Morgan fingerprint density at radius 3 is 2.68 bits per heavy atom. The van der Waals surface area contributed by atoms with E-state index in [2.05, 4.69) is 33.3 Å². The van der Waals surface area contributed by atoms with Gasteiger partial charge in [0.25, 0.3) is 5.88 Å². The highest BCUT2D eigenvalue weighted by atomic mass is 32.1. The molecule has 0 unspecified atom stereocenters. The third-order valence-corrected chi connectivity index (χ3v) is 3.14. The van der Waals surface area contributed by atoms with E-state index in [1.807, 2.05) is 0 Å². The summed E-state index contributed by atoms with van der Waals surface area (Å²) in [5, 5.41) is 14.8. The zero-order chi connectivity index (χ0) is 16.5. The van der Waals surface area contributed by atoms with E-state index < -0.39 is 11.9 Å². The van der Waals surface area contributed by atoms with Crippen LogP contribution in [0, 0.1) is 0 Å². The molecule has 2 heterocycles. The van der Waals surface area contributed by atoms with Crippen molar-refractivity contribution in [3.63, 3.8) is 0 Å². The normalized spacial score (nSPS) is 14.3. The van der Waals surface area contributed by atoms with Crippen LogP contribution in [0.1, 0.15) is 12.1 Å². The van der Waals surface area contributed by atoms with Crippen molar-refractivity contribution >= 4 is 29.2 Å². The van der Waals surface area contributed by atoms with E-state index in [1.54, 1.807) is 6.08 Å². The smallest absolute Gasteiger partial charge is 0.414 e. The molecule has 0 aromatic carbocycles. The van der Waals surface area contributed by atoms with Gasteiger partial charge in [-0.2, -0.15) is 4.37 Å². The largest absolute Gasteiger partial charge is 0.473 e. The molecule has 1 aromatic rings. The Labute approximate surface area is 131 Å². The van der Waals surface area contributed by atoms with Crippen LogP contribution in [0.2, 0.25) is 0 Å². The molecule has 0 saturated carbocycles. The van der Waals surface area contributed by atoms with Crippen molar-refractivity contribution < 1.29 is 24.5 Å². The van der Waals surface area contributed by atoms with Gasteiger partial charge in [-0.05, 0) is 19.0 Å². The zero-order valence-electron chi connectivity index (χ0n) is 12.1. The summed E-state index contributed by atoms with van der Waals surface area (Å²) < 4.78 is 13.9. The number of aromatic nitrogens is 2. The third-order valence-electron chi connectivity index (χ3n) is 2.63. The van der Waals surface area contributed by atoms with E-state index in [4.69, 9.17) is 24.5 Å². The monoisotopic (exact) mass is 327 g/mol. The van der Waals surface area contributed by atoms with Gasteiger partial charge in [-0.15, -0.1) is 4.37 Å². The first kappa shape index (κ1) is 17.8. The van der Waals surface area contributed by atoms with E-state index >= 15 is 0 Å². The van der Waals surface area contributed by atoms with E-state index in [0.717, 1.165) is 25.2 Å². The van der Waals surface area contributed by atoms with Crippen molar-refractivity contribution in [1.29, 1.82) is 0 Å². The van der Waals surface area contributed by atoms with Gasteiger partial charge in [-0.1, -0.05) is 18.7 Å². The summed E-state index contributed by atoms with van der Waals surface area (Å²) in [5.41, 5.74) is 2.10. The molecule has 120 valence electrons. The lowest BCUT2D eigenvalue weighted by atomic mass is 10.1. The molecule has 1 aromatic heterocycles. The van der Waals surface area contributed by atoms with Gasteiger partial charge < -0.3 is 19.8 Å². The number of ether oxygens (including phenoxy) is 1. The lowest BCUT2D eigenvalue weighted by Crippen LogP contribution is -2.25. The molecular formula is C13H17N3O5S. The molecule has 0 saturated heterocycles. The number of rotatable bonds is 4. The first-order chi connectivity index (χ1) is 10.5. The molecule has 9 heteroatoms. The van der Waals surface area contributed by atoms with Crippen molar-refractivity contribution in [2.24, 2.45) is 0 Å². The van der Waals surface area contributed by atoms with E-state index in [0.29, 0.717) is 12.5 Å². The quantitative estimate of drug-likeness (QED) is 0.621. The van der Waals surface area contributed by atoms with Crippen molar-refractivity contribution in [3.8, 4) is 5.88 Å². The number of hydrogen-bond donors (Lipinski definition) is 2. The van der Waals surface area contributed by atoms with Crippen LogP contribution >= 0.6 is 11.7 Å². The Morgan fingerprint density at radius 2 is 2.14 bits per heavy atom. The Bertz CT molecular complexity index is 558. The zero-order valence-corrected chi connectivity index (χ0v) is 12.9.